The number of nitrogens with one attached hydrogen (secondary N) is 1. The molecule has 108 valence electrons. The first kappa shape index (κ1) is 14.7. The second-order valence-corrected chi connectivity index (χ2v) is 5.01. The van der Waals surface area contributed by atoms with Gasteiger partial charge in [0.2, 0.25) is 11.9 Å². The molecule has 2 rings (SSSR count). The average Bonchev–Trinajstić information content (AvgIpc) is 2.67. The van der Waals surface area contributed by atoms with Gasteiger partial charge in [0.1, 0.15) is 12.4 Å². The summed E-state index contributed by atoms with van der Waals surface area (Å²) in [5.74, 6) is -0.505. The van der Waals surface area contributed by atoms with E-state index in [4.69, 9.17) is 10.5 Å². The molecular formula is C12H14BrFN4O2. The number of aromatic nitrogens is 2. The van der Waals surface area contributed by atoms with Gasteiger partial charge in [0, 0.05) is 19.7 Å². The molecule has 2 aromatic rings. The fourth-order valence-corrected chi connectivity index (χ4v) is 2.13. The number of fused-ring (bicyclic) bond motifs is 1. The predicted molar refractivity (Wildman–Crippen MR) is 76.7 cm³/mol. The van der Waals surface area contributed by atoms with Crippen LogP contribution in [0.25, 0.3) is 11.0 Å². The van der Waals surface area contributed by atoms with Crippen molar-refractivity contribution in [3.05, 3.63) is 22.4 Å². The molecule has 0 saturated heterocycles. The first-order chi connectivity index (χ1) is 9.52. The van der Waals surface area contributed by atoms with E-state index < -0.39 is 5.82 Å². The minimum atomic E-state index is -0.432. The maximum Gasteiger partial charge on any atom is 0.240 e. The highest BCUT2D eigenvalue weighted by Gasteiger charge is 2.14. The zero-order valence-corrected chi connectivity index (χ0v) is 12.4. The van der Waals surface area contributed by atoms with Crippen LogP contribution in [0, 0.1) is 5.82 Å². The third-order valence-corrected chi connectivity index (χ3v) is 3.36. The van der Waals surface area contributed by atoms with Gasteiger partial charge in [-0.15, -0.1) is 0 Å². The van der Waals surface area contributed by atoms with Gasteiger partial charge in [-0.3, -0.25) is 4.79 Å². The number of nitrogens with two attached hydrogens (primary N) is 1. The molecule has 0 atom stereocenters. The van der Waals surface area contributed by atoms with E-state index in [2.05, 4.69) is 26.2 Å². The SMILES string of the molecule is COCCNC(=O)Cn1c(N)nc2cc(Br)c(F)cc21. The number of ether oxygens (including phenoxy) is 1. The zero-order chi connectivity index (χ0) is 14.7. The summed E-state index contributed by atoms with van der Waals surface area (Å²) in [4.78, 5) is 15.9. The van der Waals surface area contributed by atoms with Crippen LogP contribution in [0.4, 0.5) is 10.3 Å². The number of hydrogen-bond acceptors (Lipinski definition) is 4. The summed E-state index contributed by atoms with van der Waals surface area (Å²) in [6.45, 7) is 0.808. The lowest BCUT2D eigenvalue weighted by molar-refractivity contribution is -0.121. The van der Waals surface area contributed by atoms with Crippen LogP contribution in [0.5, 0.6) is 0 Å². The van der Waals surface area contributed by atoms with Gasteiger partial charge in [-0.25, -0.2) is 9.37 Å². The fourth-order valence-electron chi connectivity index (χ4n) is 1.80. The second-order valence-electron chi connectivity index (χ2n) is 4.15. The normalized spacial score (nSPS) is 10.9. The van der Waals surface area contributed by atoms with E-state index in [1.807, 2.05) is 0 Å². The summed E-state index contributed by atoms with van der Waals surface area (Å²) in [5, 5.41) is 2.67. The maximum atomic E-state index is 13.6. The lowest BCUT2D eigenvalue weighted by Crippen LogP contribution is -2.30. The van der Waals surface area contributed by atoms with Crippen molar-refractivity contribution >= 4 is 38.8 Å². The Kier molecular flexibility index (Phi) is 4.56. The molecule has 3 N–H and O–H groups in total. The van der Waals surface area contributed by atoms with Crippen LogP contribution in [0.15, 0.2) is 16.6 Å². The molecule has 1 aromatic carbocycles. The number of nitrogens with zero attached hydrogens (tertiary/aromatic N) is 2. The quantitative estimate of drug-likeness (QED) is 0.800. The van der Waals surface area contributed by atoms with Crippen LogP contribution in [0.3, 0.4) is 0 Å². The van der Waals surface area contributed by atoms with Gasteiger partial charge in [0.05, 0.1) is 22.1 Å². The Morgan fingerprint density at radius 2 is 2.35 bits per heavy atom. The minimum absolute atomic E-state index is 0.0207. The Labute approximate surface area is 123 Å². The molecule has 6 nitrogen and oxygen atoms in total. The third-order valence-electron chi connectivity index (χ3n) is 2.75. The molecule has 20 heavy (non-hydrogen) atoms. The smallest absolute Gasteiger partial charge is 0.240 e. The molecule has 0 radical (unpaired) electrons. The number of nitrogen functional groups attached to an aromatic ring is 1. The highest BCUT2D eigenvalue weighted by molar-refractivity contribution is 9.10. The highest BCUT2D eigenvalue weighted by atomic mass is 79.9. The number of imidazole rings is 1. The molecule has 8 heteroatoms. The second kappa shape index (κ2) is 6.19. The van der Waals surface area contributed by atoms with E-state index in [1.165, 1.54) is 16.7 Å². The highest BCUT2D eigenvalue weighted by Crippen LogP contribution is 2.24. The number of carbonyl (C=O) groups excluding carboxylic acids is 1. The monoisotopic (exact) mass is 344 g/mol. The minimum Gasteiger partial charge on any atom is -0.383 e. The van der Waals surface area contributed by atoms with Crippen molar-refractivity contribution in [2.45, 2.75) is 6.54 Å². The summed E-state index contributed by atoms with van der Waals surface area (Å²) in [6.07, 6.45) is 0. The fraction of sp³-hybridized carbons (Fsp3) is 0.333. The van der Waals surface area contributed by atoms with Gasteiger partial charge in [-0.1, -0.05) is 0 Å². The molecule has 1 heterocycles. The van der Waals surface area contributed by atoms with E-state index in [1.54, 1.807) is 7.11 Å². The summed E-state index contributed by atoms with van der Waals surface area (Å²) < 4.78 is 20.2. The van der Waals surface area contributed by atoms with Crippen LogP contribution in [0.2, 0.25) is 0 Å². The molecule has 1 amide bonds. The Morgan fingerprint density at radius 1 is 1.60 bits per heavy atom. The molecule has 0 aliphatic carbocycles. The van der Waals surface area contributed by atoms with Gasteiger partial charge in [0.15, 0.2) is 0 Å². The molecule has 0 fully saturated rings. The largest absolute Gasteiger partial charge is 0.383 e. The van der Waals surface area contributed by atoms with E-state index in [0.29, 0.717) is 28.7 Å². The van der Waals surface area contributed by atoms with Crippen molar-refractivity contribution in [3.8, 4) is 0 Å². The number of hydrogen-bond donors (Lipinski definition) is 2. The van der Waals surface area contributed by atoms with Crippen LogP contribution in [0.1, 0.15) is 0 Å². The Hall–Kier alpha value is -1.67. The van der Waals surface area contributed by atoms with Crippen LogP contribution < -0.4 is 11.1 Å². The molecule has 0 unspecified atom stereocenters. The maximum absolute atomic E-state index is 13.6. The van der Waals surface area contributed by atoms with Crippen molar-refractivity contribution in [2.75, 3.05) is 26.0 Å². The molecule has 0 saturated carbocycles. The number of methoxy groups -OCH3 is 1. The van der Waals surface area contributed by atoms with Gasteiger partial charge in [-0.05, 0) is 22.0 Å². The summed E-state index contributed by atoms with van der Waals surface area (Å²) >= 11 is 3.08. The van der Waals surface area contributed by atoms with Crippen molar-refractivity contribution in [2.24, 2.45) is 0 Å². The van der Waals surface area contributed by atoms with Crippen LogP contribution >= 0.6 is 15.9 Å². The third kappa shape index (κ3) is 3.07. The Morgan fingerprint density at radius 3 is 3.05 bits per heavy atom. The number of amides is 1. The van der Waals surface area contributed by atoms with E-state index in [0.717, 1.165) is 0 Å². The first-order valence-corrected chi connectivity index (χ1v) is 6.68. The van der Waals surface area contributed by atoms with Crippen molar-refractivity contribution in [1.82, 2.24) is 14.9 Å². The van der Waals surface area contributed by atoms with E-state index in [-0.39, 0.29) is 18.4 Å². The van der Waals surface area contributed by atoms with Crippen LogP contribution in [-0.2, 0) is 16.1 Å². The standard InChI is InChI=1S/C12H14BrFN4O2/c1-20-3-2-16-11(19)6-18-10-5-8(14)7(13)4-9(10)17-12(18)15/h4-5H,2-3,6H2,1H3,(H2,15,17)(H,16,19). The molecular weight excluding hydrogens is 331 g/mol. The summed E-state index contributed by atoms with van der Waals surface area (Å²) in [5.41, 5.74) is 6.77. The molecule has 0 aliphatic heterocycles. The van der Waals surface area contributed by atoms with Gasteiger partial charge in [0.25, 0.3) is 0 Å². The van der Waals surface area contributed by atoms with Gasteiger partial charge >= 0.3 is 0 Å². The van der Waals surface area contributed by atoms with Gasteiger partial charge in [-0.2, -0.15) is 0 Å². The first-order valence-electron chi connectivity index (χ1n) is 5.89. The number of benzene rings is 1. The van der Waals surface area contributed by atoms with Crippen molar-refractivity contribution in [3.63, 3.8) is 0 Å². The summed E-state index contributed by atoms with van der Waals surface area (Å²) in [6, 6.07) is 2.82. The molecule has 0 aliphatic rings. The lowest BCUT2D eigenvalue weighted by Gasteiger charge is -2.07. The Bertz CT molecular complexity index is 644. The number of rotatable bonds is 5. The molecule has 1 aromatic heterocycles. The van der Waals surface area contributed by atoms with Gasteiger partial charge < -0.3 is 20.4 Å². The topological polar surface area (TPSA) is 82.2 Å². The number of carbonyl (C=O) groups is 1. The van der Waals surface area contributed by atoms with Crippen molar-refractivity contribution in [1.29, 1.82) is 0 Å². The average molecular weight is 345 g/mol. The van der Waals surface area contributed by atoms with Crippen LogP contribution in [-0.4, -0.2) is 35.7 Å². The van der Waals surface area contributed by atoms with Crippen molar-refractivity contribution < 1.29 is 13.9 Å². The number of anilines is 1. The van der Waals surface area contributed by atoms with E-state index in [9.17, 15) is 9.18 Å². The number of halogens is 2. The zero-order valence-electron chi connectivity index (χ0n) is 10.8. The Balaban J connectivity index is 2.23. The molecule has 0 spiro atoms. The molecule has 0 bridgehead atoms. The summed E-state index contributed by atoms with van der Waals surface area (Å²) in [7, 11) is 1.55. The predicted octanol–water partition coefficient (Wildman–Crippen LogP) is 1.28. The lowest BCUT2D eigenvalue weighted by atomic mass is 10.3. The van der Waals surface area contributed by atoms with E-state index >= 15 is 0 Å².